The lowest BCUT2D eigenvalue weighted by Gasteiger charge is -2.21. The lowest BCUT2D eigenvalue weighted by atomic mass is 10.0. The molecule has 3 aromatic carbocycles. The maximum Gasteiger partial charge on any atom is 0.416 e. The molecule has 0 atom stereocenters. The molecule has 9 heteroatoms. The maximum absolute atomic E-state index is 13.1. The minimum atomic E-state index is -4.47. The predicted octanol–water partition coefficient (Wildman–Crippen LogP) is 6.39. The van der Waals surface area contributed by atoms with Crippen molar-refractivity contribution in [3.63, 3.8) is 0 Å². The number of hydrogen-bond acceptors (Lipinski definition) is 3. The van der Waals surface area contributed by atoms with Crippen LogP contribution in [0.25, 0.3) is 0 Å². The van der Waals surface area contributed by atoms with Crippen molar-refractivity contribution >= 4 is 23.3 Å². The third-order valence-electron chi connectivity index (χ3n) is 5.85. The summed E-state index contributed by atoms with van der Waals surface area (Å²) < 4.78 is 44.8. The monoisotopic (exact) mass is 497 g/mol. The van der Waals surface area contributed by atoms with Gasteiger partial charge in [-0.1, -0.05) is 38.1 Å². The zero-order valence-electron chi connectivity index (χ0n) is 19.9. The molecule has 1 aliphatic rings. The van der Waals surface area contributed by atoms with Gasteiger partial charge in [-0.2, -0.15) is 13.2 Å². The summed E-state index contributed by atoms with van der Waals surface area (Å²) in [4.78, 5) is 26.5. The van der Waals surface area contributed by atoms with Gasteiger partial charge in [-0.15, -0.1) is 0 Å². The van der Waals surface area contributed by atoms with Crippen LogP contribution in [0.4, 0.5) is 29.3 Å². The lowest BCUT2D eigenvalue weighted by molar-refractivity contribution is -0.137. The normalized spacial score (nSPS) is 13.6. The highest BCUT2D eigenvalue weighted by molar-refractivity contribution is 5.99. The number of ether oxygens (including phenoxy) is 1. The molecule has 1 heterocycles. The van der Waals surface area contributed by atoms with E-state index in [2.05, 4.69) is 24.5 Å². The number of urea groups is 1. The van der Waals surface area contributed by atoms with Gasteiger partial charge in [0.2, 0.25) is 0 Å². The minimum absolute atomic E-state index is 0.00390. The fraction of sp³-hybridized carbons (Fsp3) is 0.259. The van der Waals surface area contributed by atoms with Crippen LogP contribution in [0.1, 0.15) is 42.0 Å². The number of nitrogens with one attached hydrogen (secondary N) is 2. The Bertz CT molecular complexity index is 1260. The summed E-state index contributed by atoms with van der Waals surface area (Å²) in [6.45, 7) is 4.07. The van der Waals surface area contributed by atoms with Gasteiger partial charge in [-0.3, -0.25) is 4.79 Å². The summed E-state index contributed by atoms with van der Waals surface area (Å²) in [7, 11) is 0. The Morgan fingerprint density at radius 2 is 1.69 bits per heavy atom. The number of fused-ring (bicyclic) bond motifs is 1. The second-order valence-electron chi connectivity index (χ2n) is 8.91. The van der Waals surface area contributed by atoms with Crippen LogP contribution in [0.3, 0.4) is 0 Å². The summed E-state index contributed by atoms with van der Waals surface area (Å²) in [5.41, 5.74) is 2.52. The lowest BCUT2D eigenvalue weighted by Crippen LogP contribution is -2.32. The smallest absolute Gasteiger partial charge is 0.416 e. The molecule has 0 saturated carbocycles. The number of anilines is 2. The van der Waals surface area contributed by atoms with Crippen molar-refractivity contribution in [1.82, 2.24) is 4.90 Å². The molecule has 0 saturated heterocycles. The summed E-state index contributed by atoms with van der Waals surface area (Å²) in [5.74, 6) is 0.514. The minimum Gasteiger partial charge on any atom is -0.483 e. The Kier molecular flexibility index (Phi) is 7.19. The van der Waals surface area contributed by atoms with Crippen molar-refractivity contribution in [2.45, 2.75) is 39.0 Å². The summed E-state index contributed by atoms with van der Waals surface area (Å²) in [6, 6.07) is 17.0. The Hall–Kier alpha value is -4.01. The Balaban J connectivity index is 1.45. The van der Waals surface area contributed by atoms with Crippen molar-refractivity contribution in [3.05, 3.63) is 89.0 Å². The number of nitrogens with zero attached hydrogens (tertiary/aromatic N) is 1. The molecule has 0 bridgehead atoms. The zero-order chi connectivity index (χ0) is 25.9. The summed E-state index contributed by atoms with van der Waals surface area (Å²) in [6.07, 6.45) is -4.47. The molecule has 2 N–H and O–H groups in total. The SMILES string of the molecule is CC(C)c1ccc(NC(=O)Nc2ccc3c(c2)CN(Cc2cccc(C(F)(F)F)c2)C(=O)CO3)cc1. The van der Waals surface area contributed by atoms with Crippen LogP contribution in [0.5, 0.6) is 5.75 Å². The van der Waals surface area contributed by atoms with E-state index in [-0.39, 0.29) is 25.6 Å². The van der Waals surface area contributed by atoms with Gasteiger partial charge >= 0.3 is 12.2 Å². The third-order valence-corrected chi connectivity index (χ3v) is 5.85. The van der Waals surface area contributed by atoms with Gasteiger partial charge in [0.25, 0.3) is 5.91 Å². The Labute approximate surface area is 207 Å². The number of rotatable bonds is 5. The largest absolute Gasteiger partial charge is 0.483 e. The number of hydrogen-bond donors (Lipinski definition) is 2. The second-order valence-corrected chi connectivity index (χ2v) is 8.91. The van der Waals surface area contributed by atoms with Crippen LogP contribution >= 0.6 is 0 Å². The topological polar surface area (TPSA) is 70.7 Å². The fourth-order valence-electron chi connectivity index (χ4n) is 3.90. The first kappa shape index (κ1) is 25.1. The third kappa shape index (κ3) is 6.16. The van der Waals surface area contributed by atoms with Crippen molar-refractivity contribution in [1.29, 1.82) is 0 Å². The Morgan fingerprint density at radius 1 is 1.00 bits per heavy atom. The fourth-order valence-corrected chi connectivity index (χ4v) is 3.90. The molecular weight excluding hydrogens is 471 g/mol. The highest BCUT2D eigenvalue weighted by Crippen LogP contribution is 2.31. The number of carbonyl (C=O) groups excluding carboxylic acids is 2. The summed E-state index contributed by atoms with van der Waals surface area (Å²) >= 11 is 0. The number of alkyl halides is 3. The molecular formula is C27H26F3N3O3. The number of amides is 3. The second kappa shape index (κ2) is 10.3. The van der Waals surface area contributed by atoms with Crippen LogP contribution in [0.15, 0.2) is 66.7 Å². The number of benzene rings is 3. The quantitative estimate of drug-likeness (QED) is 0.429. The van der Waals surface area contributed by atoms with E-state index < -0.39 is 17.8 Å². The molecule has 0 fully saturated rings. The van der Waals surface area contributed by atoms with Gasteiger partial charge in [0.1, 0.15) is 5.75 Å². The molecule has 1 aliphatic heterocycles. The van der Waals surface area contributed by atoms with Crippen molar-refractivity contribution < 1.29 is 27.5 Å². The van der Waals surface area contributed by atoms with Crippen molar-refractivity contribution in [2.75, 3.05) is 17.2 Å². The molecule has 188 valence electrons. The zero-order valence-corrected chi connectivity index (χ0v) is 19.9. The average Bonchev–Trinajstić information content (AvgIpc) is 2.97. The first-order valence-corrected chi connectivity index (χ1v) is 11.5. The van der Waals surface area contributed by atoms with Crippen LogP contribution in [0, 0.1) is 0 Å². The van der Waals surface area contributed by atoms with E-state index in [4.69, 9.17) is 4.74 Å². The molecule has 36 heavy (non-hydrogen) atoms. The molecule has 0 aromatic heterocycles. The van der Waals surface area contributed by atoms with Crippen LogP contribution in [-0.2, 0) is 24.1 Å². The van der Waals surface area contributed by atoms with Gasteiger partial charge in [0.15, 0.2) is 6.61 Å². The summed E-state index contributed by atoms with van der Waals surface area (Å²) in [5, 5.41) is 5.54. The molecule has 0 radical (unpaired) electrons. The number of carbonyl (C=O) groups is 2. The van der Waals surface area contributed by atoms with Crippen LogP contribution < -0.4 is 15.4 Å². The van der Waals surface area contributed by atoms with Crippen molar-refractivity contribution in [2.24, 2.45) is 0 Å². The molecule has 0 spiro atoms. The molecule has 3 aromatic rings. The van der Waals surface area contributed by atoms with Gasteiger partial charge in [0.05, 0.1) is 5.56 Å². The Morgan fingerprint density at radius 3 is 2.39 bits per heavy atom. The van der Waals surface area contributed by atoms with E-state index in [1.165, 1.54) is 11.0 Å². The van der Waals surface area contributed by atoms with Gasteiger partial charge in [-0.25, -0.2) is 4.79 Å². The maximum atomic E-state index is 13.1. The van der Waals surface area contributed by atoms with E-state index in [1.807, 2.05) is 24.3 Å². The van der Waals surface area contributed by atoms with E-state index in [0.717, 1.165) is 17.7 Å². The highest BCUT2D eigenvalue weighted by atomic mass is 19.4. The number of halogens is 3. The first-order chi connectivity index (χ1) is 17.1. The first-order valence-electron chi connectivity index (χ1n) is 11.5. The average molecular weight is 498 g/mol. The van der Waals surface area contributed by atoms with Gasteiger partial charge < -0.3 is 20.3 Å². The molecule has 6 nitrogen and oxygen atoms in total. The van der Waals surface area contributed by atoms with Gasteiger partial charge in [-0.05, 0) is 59.5 Å². The standard InChI is InChI=1S/C27H26F3N3O3/c1-17(2)19-6-8-22(9-7-19)31-26(35)32-23-10-11-24-20(13-23)15-33(25(34)16-36-24)14-18-4-3-5-21(12-18)27(28,29)30/h3-13,17H,14-16H2,1-2H3,(H2,31,32,35). The van der Waals surface area contributed by atoms with E-state index in [9.17, 15) is 22.8 Å². The molecule has 3 amide bonds. The predicted molar refractivity (Wildman–Crippen MR) is 131 cm³/mol. The van der Waals surface area contributed by atoms with E-state index in [1.54, 1.807) is 24.3 Å². The van der Waals surface area contributed by atoms with E-state index in [0.29, 0.717) is 34.2 Å². The van der Waals surface area contributed by atoms with Crippen LogP contribution in [0.2, 0.25) is 0 Å². The molecule has 0 unspecified atom stereocenters. The molecule has 4 rings (SSSR count). The van der Waals surface area contributed by atoms with Gasteiger partial charge in [0, 0.05) is 30.0 Å². The van der Waals surface area contributed by atoms with Crippen molar-refractivity contribution in [3.8, 4) is 5.75 Å². The molecule has 0 aliphatic carbocycles. The highest BCUT2D eigenvalue weighted by Gasteiger charge is 2.31. The van der Waals surface area contributed by atoms with Crippen LogP contribution in [-0.4, -0.2) is 23.4 Å². The van der Waals surface area contributed by atoms with E-state index >= 15 is 0 Å².